The molecule has 1 aliphatic rings. The molecule has 7 heteroatoms. The van der Waals surface area contributed by atoms with Crippen LogP contribution < -0.4 is 0 Å². The van der Waals surface area contributed by atoms with Gasteiger partial charge in [0.15, 0.2) is 18.3 Å². The third-order valence-electron chi connectivity index (χ3n) is 3.83. The second-order valence-corrected chi connectivity index (χ2v) is 5.59. The minimum Gasteiger partial charge on any atom is -0.504 e. The minimum absolute atomic E-state index is 0.121. The smallest absolute Gasteiger partial charge is 0.185 e. The number of rotatable bonds is 6. The van der Waals surface area contributed by atoms with Gasteiger partial charge in [0.05, 0.1) is 17.4 Å². The average molecular weight is 312 g/mol. The highest BCUT2D eigenvalue weighted by Gasteiger charge is 2.43. The molecule has 0 aromatic heterocycles. The van der Waals surface area contributed by atoms with Gasteiger partial charge in [-0.15, -0.1) is 0 Å². The first kappa shape index (κ1) is 18.0. The number of halogens is 1. The number of hydrogen-bond acceptors (Lipinski definition) is 6. The number of allylic oxidation sites excluding steroid dienone is 3. The van der Waals surface area contributed by atoms with Crippen LogP contribution in [0.15, 0.2) is 23.7 Å². The summed E-state index contributed by atoms with van der Waals surface area (Å²) in [7, 11) is 1.82. The van der Waals surface area contributed by atoms with E-state index in [1.165, 1.54) is 4.90 Å². The van der Waals surface area contributed by atoms with Crippen molar-refractivity contribution in [2.24, 2.45) is 0 Å². The molecule has 2 unspecified atom stereocenters. The molecule has 1 rings (SSSR count). The number of carbonyl (C=O) groups excluding carboxylic acids is 3. The molecule has 0 saturated carbocycles. The number of likely N-dealkylation sites (tertiary alicyclic amines) is 1. The second-order valence-electron chi connectivity index (χ2n) is 5.59. The molecule has 0 amide bonds. The lowest BCUT2D eigenvalue weighted by atomic mass is 9.91. The Morgan fingerprint density at radius 2 is 2.05 bits per heavy atom. The number of carbonyl (C=O) groups is 3. The van der Waals surface area contributed by atoms with Gasteiger partial charge in [-0.05, 0) is 33.4 Å². The van der Waals surface area contributed by atoms with Gasteiger partial charge in [-0.1, -0.05) is 0 Å². The van der Waals surface area contributed by atoms with Crippen molar-refractivity contribution >= 4 is 18.9 Å². The Labute approximate surface area is 128 Å². The largest absolute Gasteiger partial charge is 0.504 e. The fraction of sp³-hybridized carbons (Fsp3) is 0.533. The van der Waals surface area contributed by atoms with E-state index in [0.717, 1.165) is 12.3 Å². The molecule has 6 nitrogen and oxygen atoms in total. The predicted octanol–water partition coefficient (Wildman–Crippen LogP) is 0.991. The average Bonchev–Trinajstić information content (AvgIpc) is 2.61. The summed E-state index contributed by atoms with van der Waals surface area (Å²) in [6.07, 6.45) is 2.58. The predicted molar refractivity (Wildman–Crippen MR) is 78.9 cm³/mol. The zero-order chi connectivity index (χ0) is 16.8. The second kappa shape index (κ2) is 7.84. The summed E-state index contributed by atoms with van der Waals surface area (Å²) in [5, 5.41) is 9.49. The van der Waals surface area contributed by atoms with Gasteiger partial charge >= 0.3 is 0 Å². The van der Waals surface area contributed by atoms with E-state index in [0.29, 0.717) is 25.5 Å². The molecule has 1 fully saturated rings. The zero-order valence-electron chi connectivity index (χ0n) is 12.7. The van der Waals surface area contributed by atoms with Crippen molar-refractivity contribution in [3.8, 4) is 0 Å². The van der Waals surface area contributed by atoms with E-state index < -0.39 is 17.5 Å². The van der Waals surface area contributed by atoms with Gasteiger partial charge in [0.25, 0.3) is 0 Å². The van der Waals surface area contributed by atoms with Crippen molar-refractivity contribution in [3.63, 3.8) is 0 Å². The van der Waals surface area contributed by atoms with Crippen LogP contribution in [0.25, 0.3) is 0 Å². The minimum atomic E-state index is -1.30. The molecule has 0 aliphatic carbocycles. The summed E-state index contributed by atoms with van der Waals surface area (Å²) in [4.78, 5) is 35.7. The Kier molecular flexibility index (Phi) is 6.42. The van der Waals surface area contributed by atoms with Crippen LogP contribution in [-0.2, 0) is 14.4 Å². The lowest BCUT2D eigenvalue weighted by molar-refractivity contribution is -0.109. The summed E-state index contributed by atoms with van der Waals surface area (Å²) < 4.78 is 14.7. The van der Waals surface area contributed by atoms with Crippen molar-refractivity contribution in [1.82, 2.24) is 9.80 Å². The Morgan fingerprint density at radius 3 is 2.59 bits per heavy atom. The lowest BCUT2D eigenvalue weighted by Crippen LogP contribution is -2.55. The van der Waals surface area contributed by atoms with E-state index in [-0.39, 0.29) is 24.9 Å². The van der Waals surface area contributed by atoms with Crippen LogP contribution in [0.2, 0.25) is 0 Å². The number of aliphatic hydroxyl groups is 1. The summed E-state index contributed by atoms with van der Waals surface area (Å²) in [5.74, 6) is -0.654. The van der Waals surface area contributed by atoms with Crippen molar-refractivity contribution in [1.29, 1.82) is 0 Å². The van der Waals surface area contributed by atoms with Crippen LogP contribution in [0.5, 0.6) is 0 Å². The highest BCUT2D eigenvalue weighted by molar-refractivity contribution is 5.82. The number of hydrogen-bond donors (Lipinski definition) is 1. The fourth-order valence-corrected chi connectivity index (χ4v) is 2.73. The van der Waals surface area contributed by atoms with Crippen LogP contribution in [0.1, 0.15) is 19.8 Å². The molecule has 0 radical (unpaired) electrons. The molecule has 0 aromatic carbocycles. The third kappa shape index (κ3) is 4.00. The van der Waals surface area contributed by atoms with Crippen LogP contribution in [0, 0.1) is 0 Å². The Hall–Kier alpha value is -2.02. The van der Waals surface area contributed by atoms with Crippen molar-refractivity contribution in [2.45, 2.75) is 31.5 Å². The maximum atomic E-state index is 14.7. The third-order valence-corrected chi connectivity index (χ3v) is 3.83. The SMILES string of the molecule is CN1CCCC(F)C(C)(N(/C=C(\O)C=O)/C(C=O)=C\C=O)C1. The molecule has 122 valence electrons. The normalized spacial score (nSPS) is 27.9. The first-order valence-electron chi connectivity index (χ1n) is 6.97. The fourth-order valence-electron chi connectivity index (χ4n) is 2.73. The summed E-state index contributed by atoms with van der Waals surface area (Å²) in [6.45, 7) is 2.55. The van der Waals surface area contributed by atoms with Crippen LogP contribution in [0.4, 0.5) is 4.39 Å². The number of nitrogens with zero attached hydrogens (tertiary/aromatic N) is 2. The van der Waals surface area contributed by atoms with Crippen molar-refractivity contribution in [3.05, 3.63) is 23.7 Å². The van der Waals surface area contributed by atoms with Gasteiger partial charge in [0.1, 0.15) is 12.5 Å². The Bertz CT molecular complexity index is 492. The van der Waals surface area contributed by atoms with Crippen LogP contribution in [0.3, 0.4) is 0 Å². The van der Waals surface area contributed by atoms with Gasteiger partial charge < -0.3 is 14.9 Å². The van der Waals surface area contributed by atoms with Crippen LogP contribution >= 0.6 is 0 Å². The highest BCUT2D eigenvalue weighted by atomic mass is 19.1. The van der Waals surface area contributed by atoms with Crippen molar-refractivity contribution in [2.75, 3.05) is 20.1 Å². The monoisotopic (exact) mass is 312 g/mol. The molecule has 0 aromatic rings. The molecule has 1 heterocycles. The number of likely N-dealkylation sites (N-methyl/N-ethyl adjacent to an activating group) is 1. The van der Waals surface area contributed by atoms with E-state index in [1.807, 2.05) is 11.9 Å². The van der Waals surface area contributed by atoms with Gasteiger partial charge in [-0.25, -0.2) is 4.39 Å². The topological polar surface area (TPSA) is 77.9 Å². The Morgan fingerprint density at radius 1 is 1.36 bits per heavy atom. The molecule has 2 atom stereocenters. The molecular weight excluding hydrogens is 291 g/mol. The molecule has 0 bridgehead atoms. The highest BCUT2D eigenvalue weighted by Crippen LogP contribution is 2.32. The van der Waals surface area contributed by atoms with E-state index in [4.69, 9.17) is 0 Å². The molecular formula is C15H21FN2O4. The maximum absolute atomic E-state index is 14.7. The molecule has 22 heavy (non-hydrogen) atoms. The van der Waals surface area contributed by atoms with E-state index in [9.17, 15) is 23.9 Å². The van der Waals surface area contributed by atoms with Gasteiger partial charge in [0, 0.05) is 12.6 Å². The molecule has 1 aliphatic heterocycles. The van der Waals surface area contributed by atoms with Gasteiger partial charge in [-0.3, -0.25) is 14.4 Å². The Balaban J connectivity index is 3.38. The maximum Gasteiger partial charge on any atom is 0.185 e. The standard InChI is InChI=1S/C15H21FN2O4/c1-15(11-17(2)6-3-4-14(15)16)18(8-13(22)10-21)12(9-20)5-7-19/h5,7-10,14,22H,3-4,6,11H2,1-2H3/b12-5-,13-8-. The first-order chi connectivity index (χ1) is 10.4. The summed E-state index contributed by atoms with van der Waals surface area (Å²) in [6, 6.07) is 0. The number of aldehydes is 3. The quantitative estimate of drug-likeness (QED) is 0.448. The lowest BCUT2D eigenvalue weighted by Gasteiger charge is -2.43. The van der Waals surface area contributed by atoms with Crippen LogP contribution in [-0.4, -0.2) is 65.6 Å². The summed E-state index contributed by atoms with van der Waals surface area (Å²) >= 11 is 0. The molecule has 1 N–H and O–H groups in total. The molecule has 1 saturated heterocycles. The zero-order valence-corrected chi connectivity index (χ0v) is 12.7. The van der Waals surface area contributed by atoms with E-state index in [2.05, 4.69) is 0 Å². The number of alkyl halides is 1. The number of aliphatic hydroxyl groups excluding tert-OH is 1. The van der Waals surface area contributed by atoms with E-state index in [1.54, 1.807) is 6.92 Å². The molecule has 0 spiro atoms. The summed E-state index contributed by atoms with van der Waals surface area (Å²) in [5.41, 5.74) is -1.32. The van der Waals surface area contributed by atoms with Gasteiger partial charge in [-0.2, -0.15) is 0 Å². The first-order valence-corrected chi connectivity index (χ1v) is 6.97. The van der Waals surface area contributed by atoms with Crippen molar-refractivity contribution < 1.29 is 23.9 Å². The van der Waals surface area contributed by atoms with E-state index >= 15 is 0 Å². The van der Waals surface area contributed by atoms with Gasteiger partial charge in [0.2, 0.25) is 0 Å².